The van der Waals surface area contributed by atoms with Crippen LogP contribution in [0.1, 0.15) is 35.8 Å². The van der Waals surface area contributed by atoms with Crippen molar-refractivity contribution in [3.05, 3.63) is 47.4 Å². The Morgan fingerprint density at radius 2 is 1.88 bits per heavy atom. The van der Waals surface area contributed by atoms with Crippen molar-refractivity contribution in [3.63, 3.8) is 0 Å². The lowest BCUT2D eigenvalue weighted by molar-refractivity contribution is 0.435. The second-order valence-corrected chi connectivity index (χ2v) is 9.52. The van der Waals surface area contributed by atoms with Crippen molar-refractivity contribution in [1.82, 2.24) is 19.9 Å². The van der Waals surface area contributed by atoms with E-state index in [1.54, 1.807) is 25.5 Å². The van der Waals surface area contributed by atoms with E-state index in [4.69, 9.17) is 20.4 Å². The Hall–Kier alpha value is -3.33. The number of nitrogens with zero attached hydrogens (tertiary/aromatic N) is 5. The summed E-state index contributed by atoms with van der Waals surface area (Å²) in [6.45, 7) is 1.69. The molecule has 0 amide bonds. The van der Waals surface area contributed by atoms with Crippen molar-refractivity contribution in [2.24, 2.45) is 17.6 Å². The van der Waals surface area contributed by atoms with Crippen molar-refractivity contribution in [3.8, 4) is 22.9 Å². The first kappa shape index (κ1) is 19.2. The van der Waals surface area contributed by atoms with Gasteiger partial charge in [0.05, 0.1) is 18.1 Å². The molecule has 9 heteroatoms. The number of piperidine rings is 1. The van der Waals surface area contributed by atoms with Gasteiger partial charge >= 0.3 is 6.01 Å². The zero-order valence-electron chi connectivity index (χ0n) is 18.3. The van der Waals surface area contributed by atoms with Crippen LogP contribution in [0.2, 0.25) is 0 Å². The maximum Gasteiger partial charge on any atom is 0.324 e. The summed E-state index contributed by atoms with van der Waals surface area (Å²) in [4.78, 5) is 20.6. The number of nitrogens with one attached hydrogen (secondary N) is 1. The summed E-state index contributed by atoms with van der Waals surface area (Å²) in [5.74, 6) is 3.34. The van der Waals surface area contributed by atoms with Crippen LogP contribution in [0.15, 0.2) is 24.5 Å². The number of aromatic nitrogens is 4. The SMILES string of the molecule is CNc1cc(F)cc2c1Cc1nc(Oc3cnc(C4CC4)nc3)nc(N3CC4C(N)C4C3)c1-2. The van der Waals surface area contributed by atoms with Crippen LogP contribution < -0.4 is 20.7 Å². The third-order valence-corrected chi connectivity index (χ3v) is 7.40. The summed E-state index contributed by atoms with van der Waals surface area (Å²) < 4.78 is 20.5. The standard InChI is InChI=1S/C24H24FN7O/c1-27-18-5-12(25)4-15-14(18)6-19-20(15)23(32-9-16-17(10-32)21(16)26)31-24(30-19)33-13-7-28-22(29-8-13)11-2-3-11/h4-5,7-8,11,16-17,21,27H,2-3,6,9-10,26H2,1H3. The van der Waals surface area contributed by atoms with E-state index < -0.39 is 0 Å². The van der Waals surface area contributed by atoms with Gasteiger partial charge in [0.25, 0.3) is 0 Å². The quantitative estimate of drug-likeness (QED) is 0.483. The van der Waals surface area contributed by atoms with Crippen molar-refractivity contribution >= 4 is 11.5 Å². The van der Waals surface area contributed by atoms with Crippen LogP contribution in [-0.4, -0.2) is 46.1 Å². The summed E-state index contributed by atoms with van der Waals surface area (Å²) >= 11 is 0. The van der Waals surface area contributed by atoms with Gasteiger partial charge in [-0.1, -0.05) is 0 Å². The first-order valence-corrected chi connectivity index (χ1v) is 11.5. The number of benzene rings is 1. The normalized spacial score (nSPS) is 24.3. The van der Waals surface area contributed by atoms with Gasteiger partial charge in [-0.3, -0.25) is 0 Å². The van der Waals surface area contributed by atoms with Crippen LogP contribution in [0, 0.1) is 17.7 Å². The highest BCUT2D eigenvalue weighted by Gasteiger charge is 2.54. The average molecular weight is 446 g/mol. The molecule has 0 radical (unpaired) electrons. The van der Waals surface area contributed by atoms with Crippen molar-refractivity contribution in [1.29, 1.82) is 0 Å². The largest absolute Gasteiger partial charge is 0.421 e. The molecular formula is C24H24FN7O. The minimum Gasteiger partial charge on any atom is -0.421 e. The molecule has 4 aliphatic rings. The number of ether oxygens (including phenoxy) is 1. The molecule has 3 fully saturated rings. The Balaban J connectivity index is 1.29. The Morgan fingerprint density at radius 1 is 1.12 bits per heavy atom. The zero-order chi connectivity index (χ0) is 22.3. The number of fused-ring (bicyclic) bond motifs is 4. The average Bonchev–Trinajstić information content (AvgIpc) is 3.66. The van der Waals surface area contributed by atoms with E-state index in [-0.39, 0.29) is 17.9 Å². The van der Waals surface area contributed by atoms with E-state index in [1.165, 1.54) is 6.07 Å². The molecule has 8 nitrogen and oxygen atoms in total. The molecule has 33 heavy (non-hydrogen) atoms. The van der Waals surface area contributed by atoms with Crippen LogP contribution in [0.25, 0.3) is 11.1 Å². The fourth-order valence-electron chi connectivity index (χ4n) is 5.37. The lowest BCUT2D eigenvalue weighted by Crippen LogP contribution is -2.29. The summed E-state index contributed by atoms with van der Waals surface area (Å²) in [5.41, 5.74) is 10.5. The molecule has 3 heterocycles. The van der Waals surface area contributed by atoms with Crippen LogP contribution in [-0.2, 0) is 6.42 Å². The van der Waals surface area contributed by atoms with Gasteiger partial charge in [-0.25, -0.2) is 14.4 Å². The van der Waals surface area contributed by atoms with Crippen LogP contribution in [0.4, 0.5) is 15.9 Å². The van der Waals surface area contributed by atoms with Gasteiger partial charge in [-0.05, 0) is 47.9 Å². The highest BCUT2D eigenvalue weighted by Crippen LogP contribution is 2.50. The maximum absolute atomic E-state index is 14.4. The molecule has 2 atom stereocenters. The highest BCUT2D eigenvalue weighted by atomic mass is 19.1. The monoisotopic (exact) mass is 445 g/mol. The number of hydrogen-bond donors (Lipinski definition) is 2. The van der Waals surface area contributed by atoms with E-state index >= 15 is 0 Å². The maximum atomic E-state index is 14.4. The molecule has 1 saturated heterocycles. The van der Waals surface area contributed by atoms with Crippen LogP contribution in [0.3, 0.4) is 0 Å². The molecule has 3 N–H and O–H groups in total. The fourth-order valence-corrected chi connectivity index (χ4v) is 5.37. The topological polar surface area (TPSA) is 102 Å². The molecule has 1 aromatic carbocycles. The Morgan fingerprint density at radius 3 is 2.58 bits per heavy atom. The van der Waals surface area contributed by atoms with Gasteiger partial charge in [0.15, 0.2) is 5.75 Å². The first-order valence-electron chi connectivity index (χ1n) is 11.5. The molecular weight excluding hydrogens is 421 g/mol. The number of halogens is 1. The second-order valence-electron chi connectivity index (χ2n) is 9.52. The second kappa shape index (κ2) is 6.84. The van der Waals surface area contributed by atoms with Gasteiger partial charge in [0.2, 0.25) is 0 Å². The molecule has 0 spiro atoms. The molecule has 1 aliphatic heterocycles. The predicted octanol–water partition coefficient (Wildman–Crippen LogP) is 3.08. The Labute approximate surface area is 190 Å². The van der Waals surface area contributed by atoms with E-state index in [2.05, 4.69) is 20.2 Å². The third-order valence-electron chi connectivity index (χ3n) is 7.40. The summed E-state index contributed by atoms with van der Waals surface area (Å²) in [7, 11) is 1.81. The van der Waals surface area contributed by atoms with E-state index in [1.807, 2.05) is 0 Å². The Bertz CT molecular complexity index is 1260. The minimum absolute atomic E-state index is 0.260. The van der Waals surface area contributed by atoms with Crippen molar-refractivity contribution in [2.75, 3.05) is 30.4 Å². The fraction of sp³-hybridized carbons (Fsp3) is 0.417. The molecule has 168 valence electrons. The summed E-state index contributed by atoms with van der Waals surface area (Å²) in [6, 6.07) is 3.64. The number of nitrogens with two attached hydrogens (primary N) is 1. The lowest BCUT2D eigenvalue weighted by Gasteiger charge is -2.23. The molecule has 0 bridgehead atoms. The summed E-state index contributed by atoms with van der Waals surface area (Å²) in [5, 5.41) is 3.12. The van der Waals surface area contributed by atoms with Gasteiger partial charge in [-0.2, -0.15) is 9.97 Å². The number of hydrogen-bond acceptors (Lipinski definition) is 8. The summed E-state index contributed by atoms with van der Waals surface area (Å²) in [6.07, 6.45) is 6.25. The first-order chi connectivity index (χ1) is 16.1. The van der Waals surface area contributed by atoms with E-state index in [0.29, 0.717) is 29.9 Å². The number of rotatable bonds is 5. The van der Waals surface area contributed by atoms with Gasteiger partial charge in [-0.15, -0.1) is 0 Å². The predicted molar refractivity (Wildman–Crippen MR) is 121 cm³/mol. The zero-order valence-corrected chi connectivity index (χ0v) is 18.3. The molecule has 3 aliphatic carbocycles. The Kier molecular flexibility index (Phi) is 3.97. The highest BCUT2D eigenvalue weighted by molar-refractivity contribution is 5.88. The lowest BCUT2D eigenvalue weighted by atomic mass is 10.0. The van der Waals surface area contributed by atoms with E-state index in [9.17, 15) is 4.39 Å². The third kappa shape index (κ3) is 3.06. The van der Waals surface area contributed by atoms with Crippen molar-refractivity contribution < 1.29 is 9.13 Å². The molecule has 2 aromatic heterocycles. The van der Waals surface area contributed by atoms with Gasteiger partial charge < -0.3 is 20.7 Å². The van der Waals surface area contributed by atoms with Gasteiger partial charge in [0, 0.05) is 49.8 Å². The van der Waals surface area contributed by atoms with Gasteiger partial charge in [0.1, 0.15) is 17.5 Å². The smallest absolute Gasteiger partial charge is 0.324 e. The molecule has 3 aromatic rings. The molecule has 2 saturated carbocycles. The number of anilines is 2. The van der Waals surface area contributed by atoms with Crippen LogP contribution in [0.5, 0.6) is 11.8 Å². The minimum atomic E-state index is -0.281. The molecule has 2 unspecified atom stereocenters. The van der Waals surface area contributed by atoms with Crippen molar-refractivity contribution in [2.45, 2.75) is 31.2 Å². The van der Waals surface area contributed by atoms with Crippen LogP contribution >= 0.6 is 0 Å². The van der Waals surface area contributed by atoms with E-state index in [0.717, 1.165) is 65.6 Å². The molecule has 7 rings (SSSR count).